The number of carbonyl (C=O) groups excluding carboxylic acids is 2. The molecule has 9 nitrogen and oxygen atoms in total. The maximum absolute atomic E-state index is 12.2. The maximum Gasteiger partial charge on any atom is 0.326 e. The Morgan fingerprint density at radius 1 is 1.12 bits per heavy atom. The van der Waals surface area contributed by atoms with Crippen molar-refractivity contribution >= 4 is 36.4 Å². The second kappa shape index (κ2) is 10.9. The van der Waals surface area contributed by atoms with Gasteiger partial charge >= 0.3 is 11.9 Å². The van der Waals surface area contributed by atoms with Gasteiger partial charge in [-0.3, -0.25) is 19.4 Å². The lowest BCUT2D eigenvalue weighted by Crippen LogP contribution is -2.57. The third-order valence-corrected chi connectivity index (χ3v) is 3.71. The Hall–Kier alpha value is -1.81. The van der Waals surface area contributed by atoms with Gasteiger partial charge in [-0.2, -0.15) is 12.6 Å². The highest BCUT2D eigenvalue weighted by Gasteiger charge is 2.31. The van der Waals surface area contributed by atoms with E-state index in [-0.39, 0.29) is 24.5 Å². The molecule has 0 aliphatic rings. The zero-order chi connectivity index (χ0) is 18.9. The number of carboxylic acids is 2. The summed E-state index contributed by atoms with van der Waals surface area (Å²) in [6, 6.07) is -2.21. The van der Waals surface area contributed by atoms with Crippen LogP contribution in [0.25, 0.3) is 0 Å². The van der Waals surface area contributed by atoms with Gasteiger partial charge in [0.25, 0.3) is 0 Å². The molecule has 0 aromatic rings. The van der Waals surface area contributed by atoms with E-state index in [1.165, 1.54) is 0 Å². The quantitative estimate of drug-likeness (QED) is 0.113. The minimum atomic E-state index is -1.18. The Balaban J connectivity index is 4.68. The number of thiol groups is 1. The summed E-state index contributed by atoms with van der Waals surface area (Å²) in [5.74, 6) is 1.87. The molecule has 0 aliphatic carbocycles. The molecular formula is C14H25N3O6S. The molecule has 0 bridgehead atoms. The van der Waals surface area contributed by atoms with Gasteiger partial charge in [0.2, 0.25) is 11.8 Å². The fraction of sp³-hybridized carbons (Fsp3) is 0.714. The Labute approximate surface area is 145 Å². The van der Waals surface area contributed by atoms with E-state index in [2.05, 4.69) is 17.9 Å². The van der Waals surface area contributed by atoms with Gasteiger partial charge in [0.1, 0.15) is 12.1 Å². The lowest BCUT2D eigenvalue weighted by molar-refractivity contribution is -0.145. The lowest BCUT2D eigenvalue weighted by atomic mass is 10.0. The number of rotatable bonds is 11. The van der Waals surface area contributed by atoms with Crippen molar-refractivity contribution in [3.63, 3.8) is 0 Å². The zero-order valence-corrected chi connectivity index (χ0v) is 14.7. The standard InChI is InChI=1S/C14H25N3O6S/c1-8(2)12(14(22)23)16-13(21)9(7-24)17(15)10(18)5-3-4-6-11(19)20/h8-9,12,24H,3-7,15H2,1-2H3,(H,16,21)(H,19,20)(H,22,23)/t9-,12-/m0/s1. The Kier molecular flexibility index (Phi) is 10.0. The Morgan fingerprint density at radius 3 is 2.08 bits per heavy atom. The normalized spacial score (nSPS) is 13.2. The van der Waals surface area contributed by atoms with Gasteiger partial charge in [0.15, 0.2) is 0 Å². The molecule has 0 spiro atoms. The number of amides is 2. The van der Waals surface area contributed by atoms with Crippen molar-refractivity contribution in [3.8, 4) is 0 Å². The molecule has 0 unspecified atom stereocenters. The van der Waals surface area contributed by atoms with E-state index in [9.17, 15) is 19.2 Å². The van der Waals surface area contributed by atoms with E-state index in [1.807, 2.05) is 0 Å². The van der Waals surface area contributed by atoms with Crippen molar-refractivity contribution in [1.82, 2.24) is 10.3 Å². The van der Waals surface area contributed by atoms with Crippen LogP contribution in [-0.4, -0.2) is 56.8 Å². The first-order valence-electron chi connectivity index (χ1n) is 7.54. The van der Waals surface area contributed by atoms with Crippen LogP contribution in [0.2, 0.25) is 0 Å². The van der Waals surface area contributed by atoms with Crippen molar-refractivity contribution in [2.45, 2.75) is 51.6 Å². The van der Waals surface area contributed by atoms with Gasteiger partial charge in [-0.1, -0.05) is 13.8 Å². The zero-order valence-electron chi connectivity index (χ0n) is 13.8. The van der Waals surface area contributed by atoms with Crippen molar-refractivity contribution in [3.05, 3.63) is 0 Å². The van der Waals surface area contributed by atoms with E-state index in [4.69, 9.17) is 16.1 Å². The van der Waals surface area contributed by atoms with Crippen LogP contribution < -0.4 is 11.2 Å². The van der Waals surface area contributed by atoms with Gasteiger partial charge in [0, 0.05) is 18.6 Å². The fourth-order valence-corrected chi connectivity index (χ4v) is 2.26. The molecule has 0 aliphatic heterocycles. The maximum atomic E-state index is 12.2. The number of nitrogens with two attached hydrogens (primary N) is 1. The first kappa shape index (κ1) is 22.2. The van der Waals surface area contributed by atoms with E-state index in [0.717, 1.165) is 5.01 Å². The molecule has 0 saturated heterocycles. The number of unbranched alkanes of at least 4 members (excludes halogenated alkanes) is 1. The number of carboxylic acid groups (broad SMARTS) is 2. The van der Waals surface area contributed by atoms with Gasteiger partial charge in [-0.15, -0.1) is 0 Å². The number of carbonyl (C=O) groups is 4. The predicted molar refractivity (Wildman–Crippen MR) is 89.2 cm³/mol. The van der Waals surface area contributed by atoms with Crippen LogP contribution in [0.1, 0.15) is 39.5 Å². The van der Waals surface area contributed by atoms with Crippen LogP contribution in [0.3, 0.4) is 0 Å². The number of nitrogens with zero attached hydrogens (tertiary/aromatic N) is 1. The highest BCUT2D eigenvalue weighted by atomic mass is 32.1. The number of hydrazine groups is 1. The van der Waals surface area contributed by atoms with E-state index in [1.54, 1.807) is 13.8 Å². The van der Waals surface area contributed by atoms with Gasteiger partial charge in [-0.25, -0.2) is 10.6 Å². The average molecular weight is 363 g/mol. The minimum absolute atomic E-state index is 0.00607. The number of hydrogen-bond acceptors (Lipinski definition) is 6. The largest absolute Gasteiger partial charge is 0.481 e. The highest BCUT2D eigenvalue weighted by molar-refractivity contribution is 7.80. The Bertz CT molecular complexity index is 471. The monoisotopic (exact) mass is 363 g/mol. The van der Waals surface area contributed by atoms with Crippen LogP contribution in [0.5, 0.6) is 0 Å². The first-order chi connectivity index (χ1) is 11.1. The van der Waals surface area contributed by atoms with Crippen molar-refractivity contribution < 1.29 is 29.4 Å². The summed E-state index contributed by atoms with van der Waals surface area (Å²) in [6.07, 6.45) is 0.585. The molecule has 0 aromatic heterocycles. The average Bonchev–Trinajstić information content (AvgIpc) is 2.48. The Morgan fingerprint density at radius 2 is 1.67 bits per heavy atom. The third kappa shape index (κ3) is 7.64. The topological polar surface area (TPSA) is 150 Å². The molecule has 0 aromatic carbocycles. The number of nitrogens with one attached hydrogen (secondary N) is 1. The molecule has 2 atom stereocenters. The van der Waals surface area contributed by atoms with Gasteiger partial charge in [-0.05, 0) is 18.8 Å². The summed E-state index contributed by atoms with van der Waals surface area (Å²) in [7, 11) is 0. The second-order valence-electron chi connectivity index (χ2n) is 5.67. The molecule has 0 saturated carbocycles. The molecule has 5 N–H and O–H groups in total. The van der Waals surface area contributed by atoms with Gasteiger partial charge < -0.3 is 15.5 Å². The predicted octanol–water partition coefficient (Wildman–Crippen LogP) is -0.142. The molecule has 10 heteroatoms. The molecular weight excluding hydrogens is 338 g/mol. The van der Waals surface area contributed by atoms with Crippen LogP contribution in [0, 0.1) is 5.92 Å². The summed E-state index contributed by atoms with van der Waals surface area (Å²) < 4.78 is 0. The van der Waals surface area contributed by atoms with Crippen molar-refractivity contribution in [2.24, 2.45) is 11.8 Å². The van der Waals surface area contributed by atoms with Crippen molar-refractivity contribution in [2.75, 3.05) is 5.75 Å². The molecule has 0 radical (unpaired) electrons. The fourth-order valence-electron chi connectivity index (χ4n) is 1.92. The van der Waals surface area contributed by atoms with E-state index in [0.29, 0.717) is 12.8 Å². The van der Waals surface area contributed by atoms with Crippen molar-refractivity contribution in [1.29, 1.82) is 0 Å². The van der Waals surface area contributed by atoms with Crippen LogP contribution in [-0.2, 0) is 19.2 Å². The van der Waals surface area contributed by atoms with Gasteiger partial charge in [0.05, 0.1) is 0 Å². The number of aliphatic carboxylic acids is 2. The van der Waals surface area contributed by atoms with Crippen LogP contribution in [0.15, 0.2) is 0 Å². The smallest absolute Gasteiger partial charge is 0.326 e. The summed E-state index contributed by atoms with van der Waals surface area (Å²) >= 11 is 3.99. The SMILES string of the molecule is CC(C)[C@H](NC(=O)[C@H](CS)N(N)C(=O)CCCCC(=O)O)C(=O)O. The summed E-state index contributed by atoms with van der Waals surface area (Å²) in [5, 5.41) is 20.7. The second-order valence-corrected chi connectivity index (χ2v) is 6.03. The first-order valence-corrected chi connectivity index (χ1v) is 8.17. The van der Waals surface area contributed by atoms with E-state index < -0.39 is 35.8 Å². The van der Waals surface area contributed by atoms with Crippen LogP contribution >= 0.6 is 12.6 Å². The summed E-state index contributed by atoms with van der Waals surface area (Å²) in [6.45, 7) is 3.28. The molecule has 2 amide bonds. The number of hydrogen-bond donors (Lipinski definition) is 5. The third-order valence-electron chi connectivity index (χ3n) is 3.36. The van der Waals surface area contributed by atoms with Crippen LogP contribution in [0.4, 0.5) is 0 Å². The highest BCUT2D eigenvalue weighted by Crippen LogP contribution is 2.08. The molecule has 24 heavy (non-hydrogen) atoms. The summed E-state index contributed by atoms with van der Waals surface area (Å²) in [5.41, 5.74) is 0. The van der Waals surface area contributed by atoms with E-state index >= 15 is 0 Å². The molecule has 138 valence electrons. The molecule has 0 fully saturated rings. The lowest BCUT2D eigenvalue weighted by Gasteiger charge is -2.27. The summed E-state index contributed by atoms with van der Waals surface area (Å²) in [4.78, 5) is 45.7. The minimum Gasteiger partial charge on any atom is -0.481 e. The molecule has 0 heterocycles. The molecule has 0 rings (SSSR count).